The minimum Gasteiger partial charge on any atom is -0.268 e. The van der Waals surface area contributed by atoms with Crippen molar-refractivity contribution in [1.82, 2.24) is 14.5 Å². The van der Waals surface area contributed by atoms with Gasteiger partial charge in [0.05, 0.1) is 18.5 Å². The number of aromatic nitrogens is 2. The second kappa shape index (κ2) is 6.62. The largest absolute Gasteiger partial charge is 0.268 e. The highest BCUT2D eigenvalue weighted by atomic mass is 32.2. The van der Waals surface area contributed by atoms with Gasteiger partial charge in [0.2, 0.25) is 10.0 Å². The van der Waals surface area contributed by atoms with E-state index in [1.165, 1.54) is 24.1 Å². The van der Waals surface area contributed by atoms with Gasteiger partial charge in [0.15, 0.2) is 0 Å². The molecule has 0 radical (unpaired) electrons. The van der Waals surface area contributed by atoms with Crippen molar-refractivity contribution < 1.29 is 8.42 Å². The fourth-order valence-corrected chi connectivity index (χ4v) is 4.04. The minimum absolute atomic E-state index is 0.0189. The van der Waals surface area contributed by atoms with Crippen LogP contribution in [0.25, 0.3) is 0 Å². The number of rotatable bonds is 6. The lowest BCUT2D eigenvalue weighted by Gasteiger charge is -2.14. The average molecular weight is 319 g/mol. The van der Waals surface area contributed by atoms with Gasteiger partial charge in [-0.25, -0.2) is 13.1 Å². The van der Waals surface area contributed by atoms with Gasteiger partial charge in [0.1, 0.15) is 0 Å². The molecule has 0 aliphatic heterocycles. The minimum atomic E-state index is -3.30. The molecule has 0 saturated carbocycles. The molecule has 6 heteroatoms. The molecule has 22 heavy (non-hydrogen) atoms. The smallest absolute Gasteiger partial charge is 0.215 e. The number of nitrogens with zero attached hydrogens (tertiary/aromatic N) is 2. The summed E-state index contributed by atoms with van der Waals surface area (Å²) in [6, 6.07) is 9.22. The fourth-order valence-electron chi connectivity index (χ4n) is 2.90. The zero-order chi connectivity index (χ0) is 15.4. The molecular weight excluding hydrogens is 298 g/mol. The van der Waals surface area contributed by atoms with Crippen LogP contribution in [0, 0.1) is 0 Å². The Morgan fingerprint density at radius 2 is 1.91 bits per heavy atom. The standard InChI is InChI=1S/C16H21N3O2S/c20-22(21,13-14-6-2-1-3-7-14)18-10-11-19-16-9-5-4-8-15(16)12-17-19/h1-3,6-7,12,18H,4-5,8-11,13H2. The number of fused-ring (bicyclic) bond motifs is 1. The van der Waals surface area contributed by atoms with E-state index in [-0.39, 0.29) is 5.75 Å². The summed E-state index contributed by atoms with van der Waals surface area (Å²) in [5, 5.41) is 4.38. The molecule has 0 amide bonds. The lowest BCUT2D eigenvalue weighted by atomic mass is 9.98. The van der Waals surface area contributed by atoms with Gasteiger partial charge in [-0.1, -0.05) is 30.3 Å². The Hall–Kier alpha value is -1.66. The van der Waals surface area contributed by atoms with E-state index in [1.54, 1.807) is 0 Å². The molecule has 1 aromatic heterocycles. The molecule has 1 aliphatic rings. The van der Waals surface area contributed by atoms with Gasteiger partial charge in [0.25, 0.3) is 0 Å². The fraction of sp³-hybridized carbons (Fsp3) is 0.438. The van der Waals surface area contributed by atoms with Crippen molar-refractivity contribution in [3.63, 3.8) is 0 Å². The molecule has 0 spiro atoms. The molecule has 3 rings (SSSR count). The first kappa shape index (κ1) is 15.2. The van der Waals surface area contributed by atoms with Crippen LogP contribution in [0.15, 0.2) is 36.5 Å². The van der Waals surface area contributed by atoms with Crippen LogP contribution in [0.5, 0.6) is 0 Å². The number of sulfonamides is 1. The highest BCUT2D eigenvalue weighted by molar-refractivity contribution is 7.88. The summed E-state index contributed by atoms with van der Waals surface area (Å²) in [5.41, 5.74) is 3.39. The lowest BCUT2D eigenvalue weighted by molar-refractivity contribution is 0.538. The van der Waals surface area contributed by atoms with Crippen LogP contribution in [-0.2, 0) is 35.2 Å². The van der Waals surface area contributed by atoms with E-state index in [0.29, 0.717) is 13.1 Å². The molecule has 0 unspecified atom stereocenters. The molecule has 1 heterocycles. The second-order valence-corrected chi connectivity index (χ2v) is 7.49. The number of benzene rings is 1. The van der Waals surface area contributed by atoms with E-state index in [4.69, 9.17) is 0 Å². The predicted octanol–water partition coefficient (Wildman–Crippen LogP) is 1.88. The Morgan fingerprint density at radius 1 is 1.14 bits per heavy atom. The predicted molar refractivity (Wildman–Crippen MR) is 85.9 cm³/mol. The third kappa shape index (κ3) is 3.75. The quantitative estimate of drug-likeness (QED) is 0.884. The molecule has 0 bridgehead atoms. The van der Waals surface area contributed by atoms with Crippen LogP contribution in [0.2, 0.25) is 0 Å². The summed E-state index contributed by atoms with van der Waals surface area (Å²) in [6.45, 7) is 0.965. The van der Waals surface area contributed by atoms with Crippen molar-refractivity contribution in [2.75, 3.05) is 6.54 Å². The summed E-state index contributed by atoms with van der Waals surface area (Å²) in [5.74, 6) is 0.0189. The Labute approximate surface area is 131 Å². The van der Waals surface area contributed by atoms with Crippen molar-refractivity contribution >= 4 is 10.0 Å². The maximum atomic E-state index is 12.1. The normalized spacial score (nSPS) is 14.7. The van der Waals surface area contributed by atoms with Gasteiger partial charge in [0, 0.05) is 12.2 Å². The van der Waals surface area contributed by atoms with E-state index in [0.717, 1.165) is 18.4 Å². The number of aryl methyl sites for hydroxylation is 1. The Kier molecular flexibility index (Phi) is 4.59. The molecule has 1 aromatic carbocycles. The maximum Gasteiger partial charge on any atom is 0.215 e. The van der Waals surface area contributed by atoms with Crippen LogP contribution in [0.4, 0.5) is 0 Å². The van der Waals surface area contributed by atoms with Gasteiger partial charge in [-0.3, -0.25) is 4.68 Å². The molecule has 5 nitrogen and oxygen atoms in total. The highest BCUT2D eigenvalue weighted by Gasteiger charge is 2.15. The molecule has 118 valence electrons. The van der Waals surface area contributed by atoms with E-state index in [2.05, 4.69) is 9.82 Å². The third-order valence-corrected chi connectivity index (χ3v) is 5.35. The van der Waals surface area contributed by atoms with Crippen LogP contribution in [0.3, 0.4) is 0 Å². The van der Waals surface area contributed by atoms with E-state index < -0.39 is 10.0 Å². The number of hydrogen-bond donors (Lipinski definition) is 1. The van der Waals surface area contributed by atoms with Crippen LogP contribution in [-0.4, -0.2) is 24.7 Å². The van der Waals surface area contributed by atoms with Crippen LogP contribution < -0.4 is 4.72 Å². The third-order valence-electron chi connectivity index (χ3n) is 3.99. The second-order valence-electron chi connectivity index (χ2n) is 5.69. The molecule has 0 atom stereocenters. The van der Waals surface area contributed by atoms with E-state index in [1.807, 2.05) is 41.2 Å². The van der Waals surface area contributed by atoms with Crippen molar-refractivity contribution in [2.24, 2.45) is 0 Å². The maximum absolute atomic E-state index is 12.1. The molecule has 0 fully saturated rings. The van der Waals surface area contributed by atoms with Gasteiger partial charge in [-0.05, 0) is 36.8 Å². The summed E-state index contributed by atoms with van der Waals surface area (Å²) in [4.78, 5) is 0. The molecule has 0 saturated heterocycles. The SMILES string of the molecule is O=S(=O)(Cc1ccccc1)NCCn1ncc2c1CCCC2. The van der Waals surface area contributed by atoms with Crippen molar-refractivity contribution in [1.29, 1.82) is 0 Å². The Bertz CT molecular complexity index is 723. The van der Waals surface area contributed by atoms with Crippen LogP contribution >= 0.6 is 0 Å². The first-order chi connectivity index (χ1) is 10.6. The Balaban J connectivity index is 1.55. The summed E-state index contributed by atoms with van der Waals surface area (Å²) < 4.78 is 28.8. The van der Waals surface area contributed by atoms with Crippen molar-refractivity contribution in [3.8, 4) is 0 Å². The molecule has 1 N–H and O–H groups in total. The van der Waals surface area contributed by atoms with Crippen molar-refractivity contribution in [2.45, 2.75) is 38.0 Å². The summed E-state index contributed by atoms with van der Waals surface area (Å²) in [7, 11) is -3.30. The Morgan fingerprint density at radius 3 is 2.73 bits per heavy atom. The number of hydrogen-bond acceptors (Lipinski definition) is 3. The zero-order valence-electron chi connectivity index (χ0n) is 12.5. The lowest BCUT2D eigenvalue weighted by Crippen LogP contribution is -2.29. The van der Waals surface area contributed by atoms with Gasteiger partial charge >= 0.3 is 0 Å². The van der Waals surface area contributed by atoms with Gasteiger partial charge in [-0.2, -0.15) is 5.10 Å². The highest BCUT2D eigenvalue weighted by Crippen LogP contribution is 2.20. The van der Waals surface area contributed by atoms with Gasteiger partial charge in [-0.15, -0.1) is 0 Å². The van der Waals surface area contributed by atoms with E-state index in [9.17, 15) is 8.42 Å². The summed E-state index contributed by atoms with van der Waals surface area (Å²) >= 11 is 0. The zero-order valence-corrected chi connectivity index (χ0v) is 13.3. The molecule has 2 aromatic rings. The molecule has 1 aliphatic carbocycles. The average Bonchev–Trinajstić information content (AvgIpc) is 2.91. The first-order valence-electron chi connectivity index (χ1n) is 7.69. The summed E-state index contributed by atoms with van der Waals surface area (Å²) in [6.07, 6.45) is 6.48. The number of nitrogens with one attached hydrogen (secondary N) is 1. The van der Waals surface area contributed by atoms with Gasteiger partial charge < -0.3 is 0 Å². The molecular formula is C16H21N3O2S. The first-order valence-corrected chi connectivity index (χ1v) is 9.34. The van der Waals surface area contributed by atoms with E-state index >= 15 is 0 Å². The topological polar surface area (TPSA) is 64.0 Å². The van der Waals surface area contributed by atoms with Crippen LogP contribution in [0.1, 0.15) is 29.7 Å². The monoisotopic (exact) mass is 319 g/mol. The van der Waals surface area contributed by atoms with Crippen molar-refractivity contribution in [3.05, 3.63) is 53.3 Å².